The molecule has 5 heteroatoms. The van der Waals surface area contributed by atoms with E-state index in [2.05, 4.69) is 0 Å². The van der Waals surface area contributed by atoms with Gasteiger partial charge in [0.25, 0.3) is 0 Å². The molecule has 0 spiro atoms. The molecule has 0 saturated carbocycles. The Morgan fingerprint density at radius 2 is 2.27 bits per heavy atom. The summed E-state index contributed by atoms with van der Waals surface area (Å²) in [7, 11) is 0. The lowest BCUT2D eigenvalue weighted by Gasteiger charge is -1.97. The Morgan fingerprint density at radius 3 is 2.87 bits per heavy atom. The molecule has 0 fully saturated rings. The molecule has 1 aromatic rings. The number of esters is 1. The molecule has 0 atom stereocenters. The van der Waals surface area contributed by atoms with Crippen molar-refractivity contribution in [3.05, 3.63) is 34.5 Å². The molecule has 1 aromatic heterocycles. The Kier molecular flexibility index (Phi) is 4.56. The van der Waals surface area contributed by atoms with Crippen LogP contribution in [-0.2, 0) is 9.53 Å². The quantitative estimate of drug-likeness (QED) is 0.615. The predicted molar refractivity (Wildman–Crippen MR) is 56.0 cm³/mol. The van der Waals surface area contributed by atoms with Crippen LogP contribution >= 0.6 is 11.3 Å². The van der Waals surface area contributed by atoms with E-state index >= 15 is 0 Å². The van der Waals surface area contributed by atoms with Gasteiger partial charge in [0.2, 0.25) is 0 Å². The number of carboxylic acid groups (broad SMARTS) is 1. The summed E-state index contributed by atoms with van der Waals surface area (Å²) in [5, 5.41) is 10.1. The van der Waals surface area contributed by atoms with Crippen LogP contribution in [0.4, 0.5) is 0 Å². The molecular weight excluding hydrogens is 216 g/mol. The van der Waals surface area contributed by atoms with Crippen LogP contribution in [0.15, 0.2) is 29.7 Å². The minimum absolute atomic E-state index is 0.0590. The van der Waals surface area contributed by atoms with Crippen molar-refractivity contribution in [1.29, 1.82) is 0 Å². The van der Waals surface area contributed by atoms with Crippen LogP contribution in [0, 0.1) is 0 Å². The topological polar surface area (TPSA) is 63.6 Å². The van der Waals surface area contributed by atoms with E-state index in [9.17, 15) is 9.59 Å². The number of ether oxygens (including phenoxy) is 1. The third-order valence-corrected chi connectivity index (χ3v) is 2.34. The molecule has 0 saturated heterocycles. The van der Waals surface area contributed by atoms with Gasteiger partial charge < -0.3 is 9.84 Å². The van der Waals surface area contributed by atoms with Gasteiger partial charge in [0.15, 0.2) is 0 Å². The zero-order valence-electron chi connectivity index (χ0n) is 7.88. The summed E-state index contributed by atoms with van der Waals surface area (Å²) in [4.78, 5) is 21.9. The highest BCUT2D eigenvalue weighted by Crippen LogP contribution is 2.09. The van der Waals surface area contributed by atoms with Crippen molar-refractivity contribution in [3.63, 3.8) is 0 Å². The lowest BCUT2D eigenvalue weighted by Crippen LogP contribution is -2.02. The van der Waals surface area contributed by atoms with E-state index in [1.165, 1.54) is 23.5 Å². The smallest absolute Gasteiger partial charge is 0.348 e. The summed E-state index contributed by atoms with van der Waals surface area (Å²) in [5.41, 5.74) is 0. The average molecular weight is 226 g/mol. The molecule has 0 aliphatic rings. The van der Waals surface area contributed by atoms with E-state index in [1.807, 2.05) is 0 Å². The monoisotopic (exact) mass is 226 g/mol. The average Bonchev–Trinajstić information content (AvgIpc) is 2.69. The molecule has 15 heavy (non-hydrogen) atoms. The fourth-order valence-electron chi connectivity index (χ4n) is 0.842. The number of carbonyl (C=O) groups is 2. The van der Waals surface area contributed by atoms with Crippen LogP contribution in [-0.4, -0.2) is 23.7 Å². The number of rotatable bonds is 5. The van der Waals surface area contributed by atoms with Crippen molar-refractivity contribution in [2.75, 3.05) is 6.61 Å². The molecule has 0 radical (unpaired) electrons. The van der Waals surface area contributed by atoms with Gasteiger partial charge in [0, 0.05) is 0 Å². The van der Waals surface area contributed by atoms with Crippen LogP contribution in [0.3, 0.4) is 0 Å². The number of carboxylic acids is 1. The summed E-state index contributed by atoms with van der Waals surface area (Å²) in [5.74, 6) is -1.29. The minimum Gasteiger partial charge on any atom is -0.481 e. The zero-order valence-corrected chi connectivity index (χ0v) is 8.70. The molecule has 1 N–H and O–H groups in total. The predicted octanol–water partition coefficient (Wildman–Crippen LogP) is 1.94. The van der Waals surface area contributed by atoms with Crippen LogP contribution < -0.4 is 0 Å². The number of hydrogen-bond acceptors (Lipinski definition) is 4. The lowest BCUT2D eigenvalue weighted by molar-refractivity contribution is -0.136. The fourth-order valence-corrected chi connectivity index (χ4v) is 1.46. The molecule has 0 aliphatic heterocycles. The van der Waals surface area contributed by atoms with E-state index in [0.29, 0.717) is 4.88 Å². The fraction of sp³-hybridized carbons (Fsp3) is 0.200. The van der Waals surface area contributed by atoms with Crippen molar-refractivity contribution in [2.45, 2.75) is 6.42 Å². The molecule has 0 aromatic carbocycles. The molecule has 0 aliphatic carbocycles. The second kappa shape index (κ2) is 5.98. The number of thiophene rings is 1. The molecule has 0 unspecified atom stereocenters. The maximum atomic E-state index is 11.2. The van der Waals surface area contributed by atoms with Crippen molar-refractivity contribution in [1.82, 2.24) is 0 Å². The molecule has 0 amide bonds. The third-order valence-electron chi connectivity index (χ3n) is 1.49. The Balaban J connectivity index is 2.24. The zero-order chi connectivity index (χ0) is 11.1. The van der Waals surface area contributed by atoms with Crippen molar-refractivity contribution < 1.29 is 19.4 Å². The van der Waals surface area contributed by atoms with Gasteiger partial charge in [-0.1, -0.05) is 18.2 Å². The van der Waals surface area contributed by atoms with Gasteiger partial charge in [0.1, 0.15) is 11.5 Å². The first-order valence-corrected chi connectivity index (χ1v) is 5.15. The molecule has 1 heterocycles. The lowest BCUT2D eigenvalue weighted by atomic mass is 10.4. The van der Waals surface area contributed by atoms with Crippen molar-refractivity contribution >= 4 is 23.3 Å². The van der Waals surface area contributed by atoms with E-state index < -0.39 is 5.97 Å². The Hall–Kier alpha value is -1.62. The van der Waals surface area contributed by atoms with Crippen LogP contribution in [0.2, 0.25) is 0 Å². The van der Waals surface area contributed by atoms with E-state index in [0.717, 1.165) is 0 Å². The highest BCUT2D eigenvalue weighted by molar-refractivity contribution is 7.11. The van der Waals surface area contributed by atoms with E-state index in [4.69, 9.17) is 9.84 Å². The Labute approximate surface area is 90.8 Å². The van der Waals surface area contributed by atoms with Crippen LogP contribution in [0.25, 0.3) is 0 Å². The Morgan fingerprint density at radius 1 is 1.47 bits per heavy atom. The number of carbonyl (C=O) groups excluding carboxylic acids is 1. The number of hydrogen-bond donors (Lipinski definition) is 1. The summed E-state index contributed by atoms with van der Waals surface area (Å²) in [6.07, 6.45) is 2.90. The largest absolute Gasteiger partial charge is 0.481 e. The first kappa shape index (κ1) is 11.5. The highest BCUT2D eigenvalue weighted by Gasteiger charge is 2.05. The summed E-state index contributed by atoms with van der Waals surface area (Å²) in [6.45, 7) is 0.101. The maximum Gasteiger partial charge on any atom is 0.348 e. The van der Waals surface area contributed by atoms with Crippen molar-refractivity contribution in [3.8, 4) is 0 Å². The van der Waals surface area contributed by atoms with E-state index in [-0.39, 0.29) is 19.0 Å². The second-order valence-corrected chi connectivity index (χ2v) is 3.59. The molecular formula is C10H10O4S. The van der Waals surface area contributed by atoms with Gasteiger partial charge in [-0.15, -0.1) is 11.3 Å². The van der Waals surface area contributed by atoms with Gasteiger partial charge in [-0.25, -0.2) is 4.79 Å². The van der Waals surface area contributed by atoms with Gasteiger partial charge in [-0.3, -0.25) is 4.79 Å². The third kappa shape index (κ3) is 4.42. The summed E-state index contributed by atoms with van der Waals surface area (Å²) >= 11 is 1.31. The standard InChI is InChI=1S/C10H10O4S/c11-9(12)5-1-2-6-14-10(13)8-4-3-7-15-8/h1-4,7H,5-6H2,(H,11,12)/b2-1-. The van der Waals surface area contributed by atoms with Crippen LogP contribution in [0.5, 0.6) is 0 Å². The maximum absolute atomic E-state index is 11.2. The molecule has 4 nitrogen and oxygen atoms in total. The van der Waals surface area contributed by atoms with Crippen LogP contribution in [0.1, 0.15) is 16.1 Å². The van der Waals surface area contributed by atoms with Gasteiger partial charge in [-0.05, 0) is 11.4 Å². The van der Waals surface area contributed by atoms with Gasteiger partial charge in [0.05, 0.1) is 6.42 Å². The summed E-state index contributed by atoms with van der Waals surface area (Å²) in [6, 6.07) is 3.44. The highest BCUT2D eigenvalue weighted by atomic mass is 32.1. The first-order chi connectivity index (χ1) is 7.20. The molecule has 1 rings (SSSR count). The van der Waals surface area contributed by atoms with Gasteiger partial charge >= 0.3 is 11.9 Å². The number of aliphatic carboxylic acids is 1. The molecule has 80 valence electrons. The van der Waals surface area contributed by atoms with Crippen molar-refractivity contribution in [2.24, 2.45) is 0 Å². The minimum atomic E-state index is -0.907. The first-order valence-electron chi connectivity index (χ1n) is 4.27. The Bertz CT molecular complexity index is 354. The summed E-state index contributed by atoms with van der Waals surface area (Å²) < 4.78 is 4.86. The second-order valence-electron chi connectivity index (χ2n) is 2.65. The SMILES string of the molecule is O=C(O)C/C=C\COC(=O)c1cccs1. The normalized spacial score (nSPS) is 10.4. The van der Waals surface area contributed by atoms with Gasteiger partial charge in [-0.2, -0.15) is 0 Å². The van der Waals surface area contributed by atoms with E-state index in [1.54, 1.807) is 17.5 Å². The molecule has 0 bridgehead atoms.